The molecule has 3 rings (SSSR count). The van der Waals surface area contributed by atoms with Crippen LogP contribution in [0.1, 0.15) is 41.8 Å². The van der Waals surface area contributed by atoms with Crippen LogP contribution in [0.3, 0.4) is 0 Å². The van der Waals surface area contributed by atoms with Crippen LogP contribution in [0, 0.1) is 6.92 Å². The van der Waals surface area contributed by atoms with Gasteiger partial charge in [-0.15, -0.1) is 11.8 Å². The van der Waals surface area contributed by atoms with Crippen molar-refractivity contribution in [1.29, 1.82) is 0 Å². The van der Waals surface area contributed by atoms with Gasteiger partial charge in [-0.3, -0.25) is 9.69 Å². The van der Waals surface area contributed by atoms with Crippen molar-refractivity contribution < 1.29 is 4.79 Å². The molecule has 0 aliphatic carbocycles. The van der Waals surface area contributed by atoms with E-state index >= 15 is 0 Å². The van der Waals surface area contributed by atoms with Gasteiger partial charge in [0.15, 0.2) is 0 Å². The second-order valence-corrected chi connectivity index (χ2v) is 8.92. The van der Waals surface area contributed by atoms with Gasteiger partial charge in [0, 0.05) is 29.4 Å². The van der Waals surface area contributed by atoms with Gasteiger partial charge >= 0.3 is 0 Å². The predicted octanol–water partition coefficient (Wildman–Crippen LogP) is 5.52. The Bertz CT molecular complexity index is 798. The Hall–Kier alpha value is -1.49. The molecule has 0 bridgehead atoms. The zero-order valence-electron chi connectivity index (χ0n) is 16.7. The molecule has 1 aliphatic heterocycles. The van der Waals surface area contributed by atoms with Crippen molar-refractivity contribution in [3.63, 3.8) is 0 Å². The molecule has 1 aliphatic rings. The van der Waals surface area contributed by atoms with Crippen LogP contribution in [0.2, 0.25) is 5.02 Å². The highest BCUT2D eigenvalue weighted by molar-refractivity contribution is 7.99. The molecule has 1 heterocycles. The lowest BCUT2D eigenvalue weighted by Crippen LogP contribution is -2.40. The van der Waals surface area contributed by atoms with Crippen LogP contribution in [0.5, 0.6) is 0 Å². The standard InChI is InChI=1S/C23H29ClN2OS/c1-3-4-13-25(16-19-10-6-5-9-18(19)2)17-22(27)26-14-15-28-23(26)20-11-7-8-12-21(20)24/h5-12,23H,3-4,13-17H2,1-2H3/t23-/m1/s1. The first-order valence-electron chi connectivity index (χ1n) is 10.0. The van der Waals surface area contributed by atoms with E-state index in [9.17, 15) is 4.79 Å². The number of benzene rings is 2. The van der Waals surface area contributed by atoms with Crippen LogP contribution in [-0.2, 0) is 11.3 Å². The lowest BCUT2D eigenvalue weighted by atomic mass is 10.1. The fourth-order valence-electron chi connectivity index (χ4n) is 3.56. The minimum absolute atomic E-state index is 0.0210. The van der Waals surface area contributed by atoms with E-state index in [1.165, 1.54) is 11.1 Å². The molecule has 1 saturated heterocycles. The third kappa shape index (κ3) is 5.31. The highest BCUT2D eigenvalue weighted by Gasteiger charge is 2.32. The fourth-order valence-corrected chi connectivity index (χ4v) is 5.18. The zero-order chi connectivity index (χ0) is 19.9. The highest BCUT2D eigenvalue weighted by Crippen LogP contribution is 2.40. The van der Waals surface area contributed by atoms with Crippen molar-refractivity contribution in [3.05, 3.63) is 70.2 Å². The third-order valence-electron chi connectivity index (χ3n) is 5.22. The molecule has 1 fully saturated rings. The summed E-state index contributed by atoms with van der Waals surface area (Å²) in [6.45, 7) is 7.32. The molecule has 1 atom stereocenters. The summed E-state index contributed by atoms with van der Waals surface area (Å²) < 4.78 is 0. The van der Waals surface area contributed by atoms with E-state index in [0.29, 0.717) is 6.54 Å². The maximum Gasteiger partial charge on any atom is 0.237 e. The topological polar surface area (TPSA) is 23.6 Å². The summed E-state index contributed by atoms with van der Waals surface area (Å²) >= 11 is 8.21. The second kappa shape index (κ2) is 10.3. The number of hydrogen-bond donors (Lipinski definition) is 0. The number of hydrogen-bond acceptors (Lipinski definition) is 3. The monoisotopic (exact) mass is 416 g/mol. The summed E-state index contributed by atoms with van der Waals surface area (Å²) in [5.74, 6) is 1.15. The summed E-state index contributed by atoms with van der Waals surface area (Å²) in [5.41, 5.74) is 3.62. The number of rotatable bonds is 8. The maximum absolute atomic E-state index is 13.2. The zero-order valence-corrected chi connectivity index (χ0v) is 18.3. The molecule has 0 saturated carbocycles. The van der Waals surface area contributed by atoms with Crippen LogP contribution < -0.4 is 0 Å². The summed E-state index contributed by atoms with van der Waals surface area (Å²) in [4.78, 5) is 17.5. The number of carbonyl (C=O) groups excluding carboxylic acids is 1. The van der Waals surface area contributed by atoms with Crippen LogP contribution in [-0.4, -0.2) is 41.1 Å². The second-order valence-electron chi connectivity index (χ2n) is 7.32. The number of halogens is 1. The van der Waals surface area contributed by atoms with E-state index in [1.54, 1.807) is 11.8 Å². The average Bonchev–Trinajstić information content (AvgIpc) is 3.18. The van der Waals surface area contributed by atoms with Gasteiger partial charge in [0.05, 0.1) is 6.54 Å². The van der Waals surface area contributed by atoms with Gasteiger partial charge < -0.3 is 4.90 Å². The summed E-state index contributed by atoms with van der Waals surface area (Å²) in [7, 11) is 0. The molecule has 0 aromatic heterocycles. The highest BCUT2D eigenvalue weighted by atomic mass is 35.5. The summed E-state index contributed by atoms with van der Waals surface area (Å²) in [5, 5.41) is 0.759. The molecule has 0 spiro atoms. The predicted molar refractivity (Wildman–Crippen MR) is 120 cm³/mol. The van der Waals surface area contributed by atoms with E-state index < -0.39 is 0 Å². The molecule has 0 unspecified atom stereocenters. The largest absolute Gasteiger partial charge is 0.325 e. The van der Waals surface area contributed by atoms with E-state index in [1.807, 2.05) is 29.2 Å². The van der Waals surface area contributed by atoms with Crippen molar-refractivity contribution in [2.75, 3.05) is 25.4 Å². The van der Waals surface area contributed by atoms with Gasteiger partial charge in [0.1, 0.15) is 5.37 Å². The van der Waals surface area contributed by atoms with E-state index in [4.69, 9.17) is 11.6 Å². The normalized spacial score (nSPS) is 16.7. The van der Waals surface area contributed by atoms with Crippen LogP contribution >= 0.6 is 23.4 Å². The first-order valence-corrected chi connectivity index (χ1v) is 11.4. The van der Waals surface area contributed by atoms with Gasteiger partial charge in [-0.05, 0) is 37.1 Å². The van der Waals surface area contributed by atoms with E-state index in [2.05, 4.69) is 43.0 Å². The van der Waals surface area contributed by atoms with Gasteiger partial charge in [-0.25, -0.2) is 0 Å². The lowest BCUT2D eigenvalue weighted by molar-refractivity contribution is -0.132. The number of carbonyl (C=O) groups is 1. The van der Waals surface area contributed by atoms with E-state index in [0.717, 1.165) is 48.8 Å². The molecule has 0 N–H and O–H groups in total. The molecule has 2 aromatic carbocycles. The van der Waals surface area contributed by atoms with Crippen LogP contribution in [0.15, 0.2) is 48.5 Å². The average molecular weight is 417 g/mol. The number of amides is 1. The SMILES string of the molecule is CCCCN(CC(=O)N1CCS[C@@H]1c1ccccc1Cl)Cc1ccccc1C. The quantitative estimate of drug-likeness (QED) is 0.565. The molecule has 150 valence electrons. The van der Waals surface area contributed by atoms with Crippen molar-refractivity contribution in [3.8, 4) is 0 Å². The summed E-state index contributed by atoms with van der Waals surface area (Å²) in [6, 6.07) is 16.3. The first-order chi connectivity index (χ1) is 13.6. The van der Waals surface area contributed by atoms with Crippen molar-refractivity contribution in [1.82, 2.24) is 9.80 Å². The van der Waals surface area contributed by atoms with Crippen LogP contribution in [0.25, 0.3) is 0 Å². The Morgan fingerprint density at radius 2 is 1.96 bits per heavy atom. The molecule has 2 aromatic rings. The lowest BCUT2D eigenvalue weighted by Gasteiger charge is -2.29. The van der Waals surface area contributed by atoms with Gasteiger partial charge in [-0.1, -0.05) is 67.4 Å². The molecule has 1 amide bonds. The molecule has 28 heavy (non-hydrogen) atoms. The van der Waals surface area contributed by atoms with Gasteiger partial charge in [0.25, 0.3) is 0 Å². The first kappa shape index (κ1) is 21.2. The van der Waals surface area contributed by atoms with Gasteiger partial charge in [0.2, 0.25) is 5.91 Å². The Kier molecular flexibility index (Phi) is 7.83. The number of thioether (sulfide) groups is 1. The minimum Gasteiger partial charge on any atom is -0.325 e. The van der Waals surface area contributed by atoms with Gasteiger partial charge in [-0.2, -0.15) is 0 Å². The van der Waals surface area contributed by atoms with Crippen molar-refractivity contribution in [2.45, 2.75) is 38.6 Å². The fraction of sp³-hybridized carbons (Fsp3) is 0.435. The molecule has 0 radical (unpaired) electrons. The Morgan fingerprint density at radius 3 is 2.71 bits per heavy atom. The minimum atomic E-state index is 0.0210. The van der Waals surface area contributed by atoms with Crippen LogP contribution in [0.4, 0.5) is 0 Å². The maximum atomic E-state index is 13.2. The molecule has 3 nitrogen and oxygen atoms in total. The number of unbranched alkanes of at least 4 members (excludes halogenated alkanes) is 1. The number of aryl methyl sites for hydroxylation is 1. The Morgan fingerprint density at radius 1 is 1.21 bits per heavy atom. The molecule has 5 heteroatoms. The van der Waals surface area contributed by atoms with Crippen molar-refractivity contribution >= 4 is 29.3 Å². The number of nitrogens with zero attached hydrogens (tertiary/aromatic N) is 2. The molecular weight excluding hydrogens is 388 g/mol. The third-order valence-corrected chi connectivity index (χ3v) is 6.81. The van der Waals surface area contributed by atoms with E-state index in [-0.39, 0.29) is 11.3 Å². The summed E-state index contributed by atoms with van der Waals surface area (Å²) in [6.07, 6.45) is 2.22. The van der Waals surface area contributed by atoms with Crippen molar-refractivity contribution in [2.24, 2.45) is 0 Å². The Labute approximate surface area is 178 Å². The smallest absolute Gasteiger partial charge is 0.237 e. The molecular formula is C23H29ClN2OS. The Balaban J connectivity index is 1.71.